The van der Waals surface area contributed by atoms with Crippen LogP contribution in [0.4, 0.5) is 4.79 Å². The number of carbonyl (C=O) groups excluding carboxylic acids is 1. The quantitative estimate of drug-likeness (QED) is 0.696. The summed E-state index contributed by atoms with van der Waals surface area (Å²) in [6, 6.07) is -0.369. The second-order valence-corrected chi connectivity index (χ2v) is 5.11. The topological polar surface area (TPSA) is 78.9 Å². The summed E-state index contributed by atoms with van der Waals surface area (Å²) in [7, 11) is 1.56. The molecule has 1 aliphatic carbocycles. The van der Waals surface area contributed by atoms with Crippen LogP contribution in [0, 0.1) is 0 Å². The van der Waals surface area contributed by atoms with Crippen molar-refractivity contribution in [1.29, 1.82) is 0 Å². The van der Waals surface area contributed by atoms with Crippen LogP contribution in [-0.4, -0.2) is 54.4 Å². The van der Waals surface area contributed by atoms with Crippen molar-refractivity contribution in [3.8, 4) is 0 Å². The maximum absolute atomic E-state index is 12.3. The Balaban J connectivity index is 2.72. The van der Waals surface area contributed by atoms with E-state index in [1.807, 2.05) is 0 Å². The van der Waals surface area contributed by atoms with E-state index in [0.717, 1.165) is 19.3 Å². The lowest BCUT2D eigenvalue weighted by atomic mass is 9.82. The van der Waals surface area contributed by atoms with Gasteiger partial charge in [0.2, 0.25) is 0 Å². The van der Waals surface area contributed by atoms with E-state index in [1.54, 1.807) is 13.2 Å². The molecule has 2 N–H and O–H groups in total. The number of ether oxygens (including phenoxy) is 1. The molecule has 0 unspecified atom stereocenters. The molecule has 0 saturated heterocycles. The molecule has 1 saturated carbocycles. The van der Waals surface area contributed by atoms with E-state index in [9.17, 15) is 14.7 Å². The number of rotatable bonds is 7. The first kappa shape index (κ1) is 16.5. The van der Waals surface area contributed by atoms with Crippen LogP contribution < -0.4 is 5.32 Å². The summed E-state index contributed by atoms with van der Waals surface area (Å²) in [5.41, 5.74) is -1.12. The van der Waals surface area contributed by atoms with E-state index in [1.165, 1.54) is 4.90 Å². The monoisotopic (exact) mass is 284 g/mol. The Labute approximate surface area is 119 Å². The Kier molecular flexibility index (Phi) is 6.51. The molecule has 6 heteroatoms. The number of urea groups is 1. The van der Waals surface area contributed by atoms with Crippen molar-refractivity contribution in [2.45, 2.75) is 37.6 Å². The lowest BCUT2D eigenvalue weighted by molar-refractivity contribution is -0.146. The number of carboxylic acid groups (broad SMARTS) is 1. The van der Waals surface area contributed by atoms with Gasteiger partial charge in [0.25, 0.3) is 0 Å². The van der Waals surface area contributed by atoms with Crippen LogP contribution in [0.5, 0.6) is 0 Å². The van der Waals surface area contributed by atoms with Crippen molar-refractivity contribution >= 4 is 12.0 Å². The molecule has 0 aromatic rings. The minimum Gasteiger partial charge on any atom is -0.480 e. The SMILES string of the molecule is C=CCN(CCOC)C(=O)NC1(C(=O)O)CCCCC1. The number of carbonyl (C=O) groups is 2. The second kappa shape index (κ2) is 7.89. The second-order valence-electron chi connectivity index (χ2n) is 5.11. The van der Waals surface area contributed by atoms with Gasteiger partial charge < -0.3 is 20.1 Å². The third-order valence-electron chi connectivity index (χ3n) is 3.66. The van der Waals surface area contributed by atoms with Crippen LogP contribution >= 0.6 is 0 Å². The largest absolute Gasteiger partial charge is 0.480 e. The number of amides is 2. The van der Waals surface area contributed by atoms with E-state index in [-0.39, 0.29) is 6.03 Å². The first-order chi connectivity index (χ1) is 9.55. The smallest absolute Gasteiger partial charge is 0.329 e. The molecule has 114 valence electrons. The van der Waals surface area contributed by atoms with Crippen LogP contribution in [-0.2, 0) is 9.53 Å². The van der Waals surface area contributed by atoms with Crippen molar-refractivity contribution < 1.29 is 19.4 Å². The van der Waals surface area contributed by atoms with E-state index in [0.29, 0.717) is 32.5 Å². The summed E-state index contributed by atoms with van der Waals surface area (Å²) >= 11 is 0. The summed E-state index contributed by atoms with van der Waals surface area (Å²) in [6.45, 7) is 4.79. The zero-order chi connectivity index (χ0) is 15.0. The third kappa shape index (κ3) is 4.23. The Bertz CT molecular complexity index is 351. The highest BCUT2D eigenvalue weighted by Crippen LogP contribution is 2.28. The van der Waals surface area contributed by atoms with E-state index < -0.39 is 11.5 Å². The minimum absolute atomic E-state index is 0.366. The van der Waals surface area contributed by atoms with Gasteiger partial charge >= 0.3 is 12.0 Å². The van der Waals surface area contributed by atoms with Crippen LogP contribution in [0.15, 0.2) is 12.7 Å². The van der Waals surface area contributed by atoms with Gasteiger partial charge in [-0.3, -0.25) is 0 Å². The fraction of sp³-hybridized carbons (Fsp3) is 0.714. The van der Waals surface area contributed by atoms with Crippen LogP contribution in [0.3, 0.4) is 0 Å². The number of aliphatic carboxylic acids is 1. The number of methoxy groups -OCH3 is 1. The molecule has 0 aliphatic heterocycles. The molecule has 2 amide bonds. The molecule has 0 atom stereocenters. The highest BCUT2D eigenvalue weighted by atomic mass is 16.5. The lowest BCUT2D eigenvalue weighted by Gasteiger charge is -2.36. The van der Waals surface area contributed by atoms with Crippen LogP contribution in [0.25, 0.3) is 0 Å². The average molecular weight is 284 g/mol. The predicted octanol–water partition coefficient (Wildman–Crippen LogP) is 1.62. The summed E-state index contributed by atoms with van der Waals surface area (Å²) in [5, 5.41) is 12.2. The van der Waals surface area contributed by atoms with E-state index >= 15 is 0 Å². The summed E-state index contributed by atoms with van der Waals surface area (Å²) in [5.74, 6) is -0.948. The van der Waals surface area contributed by atoms with Crippen molar-refractivity contribution in [3.05, 3.63) is 12.7 Å². The fourth-order valence-corrected chi connectivity index (χ4v) is 2.46. The molecule has 0 aromatic heterocycles. The molecule has 0 spiro atoms. The van der Waals surface area contributed by atoms with Gasteiger partial charge in [-0.05, 0) is 12.8 Å². The molecule has 1 fully saturated rings. The number of carboxylic acids is 1. The predicted molar refractivity (Wildman–Crippen MR) is 75.6 cm³/mol. The van der Waals surface area contributed by atoms with Gasteiger partial charge in [-0.25, -0.2) is 9.59 Å². The Hall–Kier alpha value is -1.56. The third-order valence-corrected chi connectivity index (χ3v) is 3.66. The minimum atomic E-state index is -1.12. The first-order valence-corrected chi connectivity index (χ1v) is 6.96. The molecule has 0 radical (unpaired) electrons. The number of hydrogen-bond donors (Lipinski definition) is 2. The molecule has 0 aromatic carbocycles. The fourth-order valence-electron chi connectivity index (χ4n) is 2.46. The normalized spacial score (nSPS) is 17.2. The standard InChI is InChI=1S/C14H24N2O4/c1-3-9-16(10-11-20-2)13(19)15-14(12(17)18)7-5-4-6-8-14/h3H,1,4-11H2,2H3,(H,15,19)(H,17,18). The van der Waals surface area contributed by atoms with Gasteiger partial charge in [0.1, 0.15) is 5.54 Å². The zero-order valence-corrected chi connectivity index (χ0v) is 12.1. The number of nitrogens with one attached hydrogen (secondary N) is 1. The molecule has 6 nitrogen and oxygen atoms in total. The Morgan fingerprint density at radius 1 is 1.40 bits per heavy atom. The van der Waals surface area contributed by atoms with Crippen molar-refractivity contribution in [1.82, 2.24) is 10.2 Å². The number of hydrogen-bond acceptors (Lipinski definition) is 3. The maximum atomic E-state index is 12.3. The Morgan fingerprint density at radius 3 is 2.55 bits per heavy atom. The molecule has 0 bridgehead atoms. The van der Waals surface area contributed by atoms with Gasteiger partial charge in [-0.15, -0.1) is 6.58 Å². The van der Waals surface area contributed by atoms with Gasteiger partial charge in [-0.2, -0.15) is 0 Å². The summed E-state index contributed by atoms with van der Waals surface area (Å²) in [6.07, 6.45) is 5.26. The number of nitrogens with zero attached hydrogens (tertiary/aromatic N) is 1. The molecule has 0 heterocycles. The highest BCUT2D eigenvalue weighted by Gasteiger charge is 2.41. The highest BCUT2D eigenvalue weighted by molar-refractivity contribution is 5.86. The van der Waals surface area contributed by atoms with E-state index in [2.05, 4.69) is 11.9 Å². The summed E-state index contributed by atoms with van der Waals surface area (Å²) < 4.78 is 4.96. The van der Waals surface area contributed by atoms with Crippen molar-refractivity contribution in [2.24, 2.45) is 0 Å². The molecule has 20 heavy (non-hydrogen) atoms. The average Bonchev–Trinajstić information content (AvgIpc) is 2.44. The maximum Gasteiger partial charge on any atom is 0.329 e. The first-order valence-electron chi connectivity index (χ1n) is 6.96. The van der Waals surface area contributed by atoms with Gasteiger partial charge in [-0.1, -0.05) is 25.3 Å². The lowest BCUT2D eigenvalue weighted by Crippen LogP contribution is -2.59. The van der Waals surface area contributed by atoms with Crippen LogP contribution in [0.2, 0.25) is 0 Å². The molecule has 1 rings (SSSR count). The zero-order valence-electron chi connectivity index (χ0n) is 12.1. The molecular formula is C14H24N2O4. The van der Waals surface area contributed by atoms with Crippen molar-refractivity contribution in [3.63, 3.8) is 0 Å². The van der Waals surface area contributed by atoms with Crippen LogP contribution in [0.1, 0.15) is 32.1 Å². The Morgan fingerprint density at radius 2 is 2.05 bits per heavy atom. The molecular weight excluding hydrogens is 260 g/mol. The molecule has 1 aliphatic rings. The van der Waals surface area contributed by atoms with Gasteiger partial charge in [0, 0.05) is 20.2 Å². The van der Waals surface area contributed by atoms with Gasteiger partial charge in [0.05, 0.1) is 6.61 Å². The van der Waals surface area contributed by atoms with Gasteiger partial charge in [0.15, 0.2) is 0 Å². The van der Waals surface area contributed by atoms with Crippen molar-refractivity contribution in [2.75, 3.05) is 26.8 Å². The van der Waals surface area contributed by atoms with E-state index in [4.69, 9.17) is 4.74 Å². The summed E-state index contributed by atoms with van der Waals surface area (Å²) in [4.78, 5) is 25.3.